The van der Waals surface area contributed by atoms with Crippen molar-refractivity contribution in [1.82, 2.24) is 0 Å². The smallest absolute Gasteiger partial charge is 0.124 e. The van der Waals surface area contributed by atoms with Gasteiger partial charge in [-0.25, -0.2) is 4.39 Å². The monoisotopic (exact) mass is 335 g/mol. The van der Waals surface area contributed by atoms with Crippen molar-refractivity contribution >= 4 is 21.6 Å². The minimum Gasteiger partial charge on any atom is -0.381 e. The quantitative estimate of drug-likeness (QED) is 0.781. The number of hydrogen-bond acceptors (Lipinski definition) is 1. The number of halogens is 2. The van der Waals surface area contributed by atoms with Crippen LogP contribution in [-0.2, 0) is 12.0 Å². The molecular formula is C17H19BrFN. The number of benzene rings is 2. The van der Waals surface area contributed by atoms with Gasteiger partial charge in [-0.3, -0.25) is 0 Å². The van der Waals surface area contributed by atoms with Crippen LogP contribution in [-0.4, -0.2) is 0 Å². The Morgan fingerprint density at radius 1 is 1.10 bits per heavy atom. The van der Waals surface area contributed by atoms with Crippen LogP contribution in [0, 0.1) is 5.82 Å². The van der Waals surface area contributed by atoms with E-state index in [-0.39, 0.29) is 11.2 Å². The number of anilines is 1. The Labute approximate surface area is 128 Å². The van der Waals surface area contributed by atoms with E-state index in [1.807, 2.05) is 18.2 Å². The third-order valence-corrected chi connectivity index (χ3v) is 3.60. The Hall–Kier alpha value is -1.35. The molecule has 0 atom stereocenters. The van der Waals surface area contributed by atoms with Crippen LogP contribution in [0.15, 0.2) is 46.9 Å². The fraction of sp³-hybridized carbons (Fsp3) is 0.294. The standard InChI is InChI=1S/C17H19BrFN/c1-17(2,3)15-6-4-5-7-16(15)20-11-12-8-13(18)10-14(19)9-12/h4-10,20H,11H2,1-3H3. The van der Waals surface area contributed by atoms with Crippen LogP contribution in [0.2, 0.25) is 0 Å². The summed E-state index contributed by atoms with van der Waals surface area (Å²) in [6.07, 6.45) is 0. The van der Waals surface area contributed by atoms with Crippen LogP contribution in [0.5, 0.6) is 0 Å². The summed E-state index contributed by atoms with van der Waals surface area (Å²) in [6, 6.07) is 13.2. The molecule has 2 aromatic rings. The van der Waals surface area contributed by atoms with Crippen LogP contribution < -0.4 is 5.32 Å². The largest absolute Gasteiger partial charge is 0.381 e. The maximum Gasteiger partial charge on any atom is 0.124 e. The molecule has 0 saturated carbocycles. The van der Waals surface area contributed by atoms with Crippen LogP contribution in [0.25, 0.3) is 0 Å². The van der Waals surface area contributed by atoms with E-state index in [0.717, 1.165) is 15.7 Å². The zero-order valence-corrected chi connectivity index (χ0v) is 13.6. The molecule has 0 heterocycles. The fourth-order valence-corrected chi connectivity index (χ4v) is 2.71. The molecule has 2 rings (SSSR count). The third kappa shape index (κ3) is 3.83. The molecule has 0 aliphatic heterocycles. The van der Waals surface area contributed by atoms with Gasteiger partial charge in [-0.1, -0.05) is 54.9 Å². The summed E-state index contributed by atoms with van der Waals surface area (Å²) in [7, 11) is 0. The Morgan fingerprint density at radius 2 is 1.80 bits per heavy atom. The Morgan fingerprint density at radius 3 is 2.45 bits per heavy atom. The van der Waals surface area contributed by atoms with Gasteiger partial charge < -0.3 is 5.32 Å². The number of rotatable bonds is 3. The molecule has 0 bridgehead atoms. The molecule has 0 aromatic heterocycles. The maximum absolute atomic E-state index is 13.4. The van der Waals surface area contributed by atoms with E-state index < -0.39 is 0 Å². The molecule has 0 radical (unpaired) electrons. The fourth-order valence-electron chi connectivity index (χ4n) is 2.20. The first kappa shape index (κ1) is 15.0. The van der Waals surface area contributed by atoms with Crippen molar-refractivity contribution in [3.63, 3.8) is 0 Å². The zero-order chi connectivity index (χ0) is 14.8. The number of nitrogens with one attached hydrogen (secondary N) is 1. The minimum atomic E-state index is -0.222. The molecule has 0 spiro atoms. The van der Waals surface area contributed by atoms with Gasteiger partial charge in [-0.2, -0.15) is 0 Å². The lowest BCUT2D eigenvalue weighted by Gasteiger charge is -2.23. The predicted octanol–water partition coefficient (Wildman–Crippen LogP) is 5.50. The summed E-state index contributed by atoms with van der Waals surface area (Å²) >= 11 is 3.32. The first-order chi connectivity index (χ1) is 9.36. The van der Waals surface area contributed by atoms with Crippen molar-refractivity contribution in [2.75, 3.05) is 5.32 Å². The van der Waals surface area contributed by atoms with Crippen molar-refractivity contribution in [2.24, 2.45) is 0 Å². The zero-order valence-electron chi connectivity index (χ0n) is 12.0. The summed E-state index contributed by atoms with van der Waals surface area (Å²) in [5, 5.41) is 3.40. The molecule has 0 aliphatic carbocycles. The highest BCUT2D eigenvalue weighted by molar-refractivity contribution is 9.10. The Kier molecular flexibility index (Phi) is 4.48. The second-order valence-corrected chi connectivity index (χ2v) is 6.84. The molecule has 1 N–H and O–H groups in total. The van der Waals surface area contributed by atoms with Gasteiger partial charge in [0.2, 0.25) is 0 Å². The summed E-state index contributed by atoms with van der Waals surface area (Å²) in [6.45, 7) is 7.16. The predicted molar refractivity (Wildman–Crippen MR) is 86.6 cm³/mol. The van der Waals surface area contributed by atoms with Crippen LogP contribution in [0.3, 0.4) is 0 Å². The van der Waals surface area contributed by atoms with E-state index in [2.05, 4.69) is 54.2 Å². The van der Waals surface area contributed by atoms with E-state index in [9.17, 15) is 4.39 Å². The first-order valence-corrected chi connectivity index (χ1v) is 7.44. The number of para-hydroxylation sites is 1. The summed E-state index contributed by atoms with van der Waals surface area (Å²) in [5.41, 5.74) is 3.35. The minimum absolute atomic E-state index is 0.0755. The molecular weight excluding hydrogens is 317 g/mol. The first-order valence-electron chi connectivity index (χ1n) is 6.64. The molecule has 0 unspecified atom stereocenters. The summed E-state index contributed by atoms with van der Waals surface area (Å²) < 4.78 is 14.1. The highest BCUT2D eigenvalue weighted by Gasteiger charge is 2.17. The van der Waals surface area contributed by atoms with Gasteiger partial charge in [0.25, 0.3) is 0 Å². The lowest BCUT2D eigenvalue weighted by Crippen LogP contribution is -2.14. The summed E-state index contributed by atoms with van der Waals surface area (Å²) in [5.74, 6) is -0.222. The number of hydrogen-bond donors (Lipinski definition) is 1. The molecule has 20 heavy (non-hydrogen) atoms. The van der Waals surface area contributed by atoms with Gasteiger partial charge in [-0.15, -0.1) is 0 Å². The molecule has 3 heteroatoms. The second-order valence-electron chi connectivity index (χ2n) is 5.93. The van der Waals surface area contributed by atoms with E-state index in [1.54, 1.807) is 6.07 Å². The Bertz CT molecular complexity index is 582. The van der Waals surface area contributed by atoms with Crippen molar-refractivity contribution < 1.29 is 4.39 Å². The van der Waals surface area contributed by atoms with Gasteiger partial charge in [0.15, 0.2) is 0 Å². The Balaban J connectivity index is 2.19. The molecule has 1 nitrogen and oxygen atoms in total. The molecule has 0 amide bonds. The van der Waals surface area contributed by atoms with Crippen molar-refractivity contribution in [1.29, 1.82) is 0 Å². The lowest BCUT2D eigenvalue weighted by atomic mass is 9.86. The SMILES string of the molecule is CC(C)(C)c1ccccc1NCc1cc(F)cc(Br)c1. The van der Waals surface area contributed by atoms with E-state index in [4.69, 9.17) is 0 Å². The summed E-state index contributed by atoms with van der Waals surface area (Å²) in [4.78, 5) is 0. The molecule has 0 saturated heterocycles. The van der Waals surface area contributed by atoms with Gasteiger partial charge in [0.05, 0.1) is 0 Å². The molecule has 106 valence electrons. The van der Waals surface area contributed by atoms with Crippen molar-refractivity contribution in [3.8, 4) is 0 Å². The van der Waals surface area contributed by atoms with Crippen LogP contribution >= 0.6 is 15.9 Å². The molecule has 0 aliphatic rings. The van der Waals surface area contributed by atoms with Gasteiger partial charge >= 0.3 is 0 Å². The van der Waals surface area contributed by atoms with E-state index >= 15 is 0 Å². The molecule has 2 aromatic carbocycles. The van der Waals surface area contributed by atoms with Crippen molar-refractivity contribution in [2.45, 2.75) is 32.7 Å². The van der Waals surface area contributed by atoms with Crippen LogP contribution in [0.4, 0.5) is 10.1 Å². The van der Waals surface area contributed by atoms with Gasteiger partial charge in [-0.05, 0) is 40.8 Å². The third-order valence-electron chi connectivity index (χ3n) is 3.14. The van der Waals surface area contributed by atoms with Gasteiger partial charge in [0.1, 0.15) is 5.82 Å². The normalized spacial score (nSPS) is 11.4. The second kappa shape index (κ2) is 5.96. The average Bonchev–Trinajstić information content (AvgIpc) is 2.34. The van der Waals surface area contributed by atoms with E-state index in [1.165, 1.54) is 11.6 Å². The highest BCUT2D eigenvalue weighted by Crippen LogP contribution is 2.29. The highest BCUT2D eigenvalue weighted by atomic mass is 79.9. The topological polar surface area (TPSA) is 12.0 Å². The van der Waals surface area contributed by atoms with Crippen molar-refractivity contribution in [3.05, 3.63) is 63.9 Å². The van der Waals surface area contributed by atoms with E-state index in [0.29, 0.717) is 6.54 Å². The lowest BCUT2D eigenvalue weighted by molar-refractivity contribution is 0.591. The molecule has 0 fully saturated rings. The maximum atomic E-state index is 13.4. The van der Waals surface area contributed by atoms with Gasteiger partial charge in [0, 0.05) is 16.7 Å². The van der Waals surface area contributed by atoms with Crippen LogP contribution in [0.1, 0.15) is 31.9 Å². The average molecular weight is 336 g/mol.